The molecule has 0 bridgehead atoms. The van der Waals surface area contributed by atoms with Crippen molar-refractivity contribution < 1.29 is 4.74 Å². The first-order valence-electron chi connectivity index (χ1n) is 3.71. The van der Waals surface area contributed by atoms with Crippen LogP contribution in [0.1, 0.15) is 26.2 Å². The van der Waals surface area contributed by atoms with Crippen LogP contribution in [0.15, 0.2) is 0 Å². The van der Waals surface area contributed by atoms with E-state index in [0.717, 1.165) is 19.4 Å². The maximum atomic E-state index is 5.74. The van der Waals surface area contributed by atoms with Crippen LogP contribution < -0.4 is 5.73 Å². The van der Waals surface area contributed by atoms with Crippen LogP contribution in [-0.2, 0) is 4.74 Å². The van der Waals surface area contributed by atoms with Gasteiger partial charge in [-0.3, -0.25) is 0 Å². The van der Waals surface area contributed by atoms with Crippen LogP contribution in [0.2, 0.25) is 0 Å². The zero-order valence-corrected chi connectivity index (χ0v) is 5.97. The van der Waals surface area contributed by atoms with E-state index in [1.165, 1.54) is 6.42 Å². The molecule has 2 heteroatoms. The van der Waals surface area contributed by atoms with Crippen molar-refractivity contribution in [2.24, 2.45) is 5.73 Å². The fourth-order valence-electron chi connectivity index (χ4n) is 1.25. The highest BCUT2D eigenvalue weighted by Crippen LogP contribution is 2.15. The lowest BCUT2D eigenvalue weighted by atomic mass is 10.1. The molecule has 1 aliphatic rings. The van der Waals surface area contributed by atoms with Gasteiger partial charge in [-0.05, 0) is 12.8 Å². The normalized spacial score (nSPS) is 35.3. The molecule has 1 aliphatic heterocycles. The Hall–Kier alpha value is -0.0800. The minimum atomic E-state index is 0.310. The first-order valence-corrected chi connectivity index (χ1v) is 3.71. The third-order valence-electron chi connectivity index (χ3n) is 1.83. The first-order chi connectivity index (χ1) is 4.34. The van der Waals surface area contributed by atoms with Gasteiger partial charge in [-0.25, -0.2) is 0 Å². The molecule has 1 saturated heterocycles. The Kier molecular flexibility index (Phi) is 2.49. The Morgan fingerprint density at radius 1 is 1.67 bits per heavy atom. The topological polar surface area (TPSA) is 35.2 Å². The zero-order valence-electron chi connectivity index (χ0n) is 5.97. The molecule has 0 spiro atoms. The van der Waals surface area contributed by atoms with Crippen LogP contribution >= 0.6 is 0 Å². The predicted molar refractivity (Wildman–Crippen MR) is 37.2 cm³/mol. The van der Waals surface area contributed by atoms with Crippen molar-refractivity contribution in [3.05, 3.63) is 0 Å². The summed E-state index contributed by atoms with van der Waals surface area (Å²) in [4.78, 5) is 0. The van der Waals surface area contributed by atoms with Crippen molar-refractivity contribution >= 4 is 0 Å². The summed E-state index contributed by atoms with van der Waals surface area (Å²) >= 11 is 0. The van der Waals surface area contributed by atoms with E-state index < -0.39 is 0 Å². The standard InChI is InChI=1S/C7H15NO/c1-2-3-7-6(8)4-5-9-7/h6-7H,2-5,8H2,1H3. The second kappa shape index (κ2) is 3.18. The molecule has 0 aromatic carbocycles. The third-order valence-corrected chi connectivity index (χ3v) is 1.83. The molecule has 1 rings (SSSR count). The lowest BCUT2D eigenvalue weighted by molar-refractivity contribution is 0.0967. The molecule has 0 aromatic rings. The van der Waals surface area contributed by atoms with Gasteiger partial charge in [0.1, 0.15) is 0 Å². The summed E-state index contributed by atoms with van der Waals surface area (Å²) < 4.78 is 5.38. The van der Waals surface area contributed by atoms with Crippen molar-refractivity contribution in [3.63, 3.8) is 0 Å². The second-order valence-corrected chi connectivity index (χ2v) is 2.65. The van der Waals surface area contributed by atoms with Gasteiger partial charge in [0.25, 0.3) is 0 Å². The van der Waals surface area contributed by atoms with E-state index in [1.54, 1.807) is 0 Å². The summed E-state index contributed by atoms with van der Waals surface area (Å²) in [6, 6.07) is 0.310. The van der Waals surface area contributed by atoms with Gasteiger partial charge in [0, 0.05) is 12.6 Å². The van der Waals surface area contributed by atoms with Crippen molar-refractivity contribution in [2.75, 3.05) is 6.61 Å². The Morgan fingerprint density at radius 2 is 2.44 bits per heavy atom. The molecule has 0 amide bonds. The number of ether oxygens (including phenoxy) is 1. The van der Waals surface area contributed by atoms with E-state index in [4.69, 9.17) is 10.5 Å². The molecular formula is C7H15NO. The van der Waals surface area contributed by atoms with Gasteiger partial charge >= 0.3 is 0 Å². The molecule has 2 unspecified atom stereocenters. The third kappa shape index (κ3) is 1.66. The van der Waals surface area contributed by atoms with Gasteiger partial charge in [0.15, 0.2) is 0 Å². The van der Waals surface area contributed by atoms with Crippen molar-refractivity contribution in [2.45, 2.75) is 38.3 Å². The average Bonchev–Trinajstić information content (AvgIpc) is 2.18. The molecule has 2 N–H and O–H groups in total. The summed E-state index contributed by atoms with van der Waals surface area (Å²) in [7, 11) is 0. The Labute approximate surface area is 56.4 Å². The van der Waals surface area contributed by atoms with Gasteiger partial charge in [0.2, 0.25) is 0 Å². The fraction of sp³-hybridized carbons (Fsp3) is 1.00. The van der Waals surface area contributed by atoms with Gasteiger partial charge in [-0.2, -0.15) is 0 Å². The molecule has 2 atom stereocenters. The first kappa shape index (κ1) is 7.03. The van der Waals surface area contributed by atoms with Crippen LogP contribution in [0.3, 0.4) is 0 Å². The highest BCUT2D eigenvalue weighted by Gasteiger charge is 2.22. The van der Waals surface area contributed by atoms with Crippen LogP contribution in [0.4, 0.5) is 0 Å². The molecule has 1 fully saturated rings. The second-order valence-electron chi connectivity index (χ2n) is 2.65. The highest BCUT2D eigenvalue weighted by molar-refractivity contribution is 4.78. The number of rotatable bonds is 2. The molecule has 0 aromatic heterocycles. The van der Waals surface area contributed by atoms with Crippen LogP contribution in [0.25, 0.3) is 0 Å². The summed E-state index contributed by atoms with van der Waals surface area (Å²) in [5.41, 5.74) is 5.74. The average molecular weight is 129 g/mol. The van der Waals surface area contributed by atoms with E-state index in [0.29, 0.717) is 12.1 Å². The lowest BCUT2D eigenvalue weighted by Gasteiger charge is -2.11. The summed E-state index contributed by atoms with van der Waals surface area (Å²) in [5, 5.41) is 0. The molecule has 0 aliphatic carbocycles. The number of nitrogens with two attached hydrogens (primary N) is 1. The SMILES string of the molecule is CCCC1OCCC1N. The van der Waals surface area contributed by atoms with E-state index in [2.05, 4.69) is 6.92 Å². The maximum absolute atomic E-state index is 5.74. The van der Waals surface area contributed by atoms with Crippen molar-refractivity contribution in [3.8, 4) is 0 Å². The van der Waals surface area contributed by atoms with Crippen LogP contribution in [0, 0.1) is 0 Å². The van der Waals surface area contributed by atoms with Gasteiger partial charge in [-0.1, -0.05) is 13.3 Å². The monoisotopic (exact) mass is 129 g/mol. The summed E-state index contributed by atoms with van der Waals surface area (Å²) in [6.45, 7) is 3.03. The van der Waals surface area contributed by atoms with E-state index in [9.17, 15) is 0 Å². The van der Waals surface area contributed by atoms with Crippen LogP contribution in [-0.4, -0.2) is 18.8 Å². The summed E-state index contributed by atoms with van der Waals surface area (Å²) in [6.07, 6.45) is 3.71. The number of hydrogen-bond donors (Lipinski definition) is 1. The zero-order chi connectivity index (χ0) is 6.69. The molecule has 9 heavy (non-hydrogen) atoms. The maximum Gasteiger partial charge on any atom is 0.0726 e. The molecule has 2 nitrogen and oxygen atoms in total. The summed E-state index contributed by atoms with van der Waals surface area (Å²) in [5.74, 6) is 0. The van der Waals surface area contributed by atoms with Gasteiger partial charge < -0.3 is 10.5 Å². The largest absolute Gasteiger partial charge is 0.377 e. The van der Waals surface area contributed by atoms with E-state index in [1.807, 2.05) is 0 Å². The van der Waals surface area contributed by atoms with E-state index in [-0.39, 0.29) is 0 Å². The molecule has 0 saturated carbocycles. The molecule has 1 heterocycles. The minimum Gasteiger partial charge on any atom is -0.377 e. The minimum absolute atomic E-state index is 0.310. The van der Waals surface area contributed by atoms with Crippen LogP contribution in [0.5, 0.6) is 0 Å². The van der Waals surface area contributed by atoms with Gasteiger partial charge in [-0.15, -0.1) is 0 Å². The Balaban J connectivity index is 2.22. The Morgan fingerprint density at radius 3 is 2.89 bits per heavy atom. The number of hydrogen-bond acceptors (Lipinski definition) is 2. The van der Waals surface area contributed by atoms with Crippen molar-refractivity contribution in [1.82, 2.24) is 0 Å². The van der Waals surface area contributed by atoms with E-state index >= 15 is 0 Å². The van der Waals surface area contributed by atoms with Crippen molar-refractivity contribution in [1.29, 1.82) is 0 Å². The molecule has 54 valence electrons. The fourth-order valence-corrected chi connectivity index (χ4v) is 1.25. The Bertz CT molecular complexity index is 85.0. The quantitative estimate of drug-likeness (QED) is 0.601. The predicted octanol–water partition coefficient (Wildman–Crippen LogP) is 0.903. The molecule has 0 radical (unpaired) electrons. The lowest BCUT2D eigenvalue weighted by Crippen LogP contribution is -2.29. The highest BCUT2D eigenvalue weighted by atomic mass is 16.5. The smallest absolute Gasteiger partial charge is 0.0726 e. The van der Waals surface area contributed by atoms with Gasteiger partial charge in [0.05, 0.1) is 6.10 Å². The molecular weight excluding hydrogens is 114 g/mol.